The summed E-state index contributed by atoms with van der Waals surface area (Å²) in [6, 6.07) is 2.39. The second kappa shape index (κ2) is 7.16. The highest BCUT2D eigenvalue weighted by molar-refractivity contribution is 7.89. The van der Waals surface area contributed by atoms with Gasteiger partial charge in [-0.3, -0.25) is 10.1 Å². The number of benzene rings is 1. The molecule has 0 saturated carbocycles. The molecule has 0 aromatic heterocycles. The first-order chi connectivity index (χ1) is 9.34. The lowest BCUT2D eigenvalue weighted by molar-refractivity contribution is -0.387. The first-order valence-corrected chi connectivity index (χ1v) is 7.91. The summed E-state index contributed by atoms with van der Waals surface area (Å²) in [5.41, 5.74) is -0.900. The predicted octanol–water partition coefficient (Wildman–Crippen LogP) is 2.20. The molecule has 0 N–H and O–H groups in total. The van der Waals surface area contributed by atoms with E-state index in [0.717, 1.165) is 16.4 Å². The summed E-state index contributed by atoms with van der Waals surface area (Å²) in [6.45, 7) is 0.00354. The molecule has 0 spiro atoms. The first-order valence-electron chi connectivity index (χ1n) is 5.40. The minimum absolute atomic E-state index is 0.00177. The van der Waals surface area contributed by atoms with Gasteiger partial charge in [0.1, 0.15) is 0 Å². The number of rotatable bonds is 7. The van der Waals surface area contributed by atoms with Gasteiger partial charge in [0, 0.05) is 30.9 Å². The van der Waals surface area contributed by atoms with E-state index in [-0.39, 0.29) is 29.7 Å². The quantitative estimate of drug-likeness (QED) is 0.431. The third kappa shape index (κ3) is 3.78. The van der Waals surface area contributed by atoms with Crippen molar-refractivity contribution in [2.24, 2.45) is 0 Å². The number of hydrogen-bond acceptors (Lipinski definition) is 4. The number of halogens is 3. The van der Waals surface area contributed by atoms with Crippen LogP contribution in [0, 0.1) is 15.9 Å². The Bertz CT molecular complexity index is 591. The zero-order valence-electron chi connectivity index (χ0n) is 10.1. The highest BCUT2D eigenvalue weighted by Crippen LogP contribution is 2.24. The number of sulfonamides is 1. The average molecular weight is 345 g/mol. The van der Waals surface area contributed by atoms with Crippen LogP contribution in [-0.2, 0) is 10.0 Å². The van der Waals surface area contributed by atoms with Gasteiger partial charge >= 0.3 is 5.69 Å². The minimum atomic E-state index is -4.00. The van der Waals surface area contributed by atoms with E-state index in [4.69, 9.17) is 23.2 Å². The summed E-state index contributed by atoms with van der Waals surface area (Å²) in [5, 5.41) is 10.6. The van der Waals surface area contributed by atoms with Gasteiger partial charge in [-0.1, -0.05) is 0 Å². The number of alkyl halides is 2. The average Bonchev–Trinajstić information content (AvgIpc) is 2.38. The van der Waals surface area contributed by atoms with E-state index in [1.165, 1.54) is 0 Å². The van der Waals surface area contributed by atoms with Crippen molar-refractivity contribution in [2.45, 2.75) is 4.90 Å². The second-order valence-electron chi connectivity index (χ2n) is 3.65. The molecule has 0 amide bonds. The summed E-state index contributed by atoms with van der Waals surface area (Å²) >= 11 is 11.0. The lowest BCUT2D eigenvalue weighted by Gasteiger charge is -2.19. The van der Waals surface area contributed by atoms with Crippen LogP contribution < -0.4 is 0 Å². The van der Waals surface area contributed by atoms with Gasteiger partial charge in [-0.2, -0.15) is 8.70 Å². The molecular formula is C10H11Cl2FN2O4S. The third-order valence-corrected chi connectivity index (χ3v) is 4.65. The monoisotopic (exact) mass is 344 g/mol. The Morgan fingerprint density at radius 3 is 2.25 bits per heavy atom. The Hall–Kier alpha value is -0.960. The molecule has 0 aliphatic heterocycles. The van der Waals surface area contributed by atoms with E-state index < -0.39 is 26.5 Å². The van der Waals surface area contributed by atoms with Crippen molar-refractivity contribution in [3.63, 3.8) is 0 Å². The maximum absolute atomic E-state index is 13.2. The highest BCUT2D eigenvalue weighted by atomic mass is 35.5. The molecule has 0 unspecified atom stereocenters. The molecule has 20 heavy (non-hydrogen) atoms. The molecule has 0 bridgehead atoms. The van der Waals surface area contributed by atoms with Crippen LogP contribution in [0.3, 0.4) is 0 Å². The number of nitro groups is 1. The van der Waals surface area contributed by atoms with Gasteiger partial charge in [-0.05, 0) is 12.1 Å². The van der Waals surface area contributed by atoms with Gasteiger partial charge in [0.15, 0.2) is 0 Å². The standard InChI is InChI=1S/C10H11Cl2FN2O4S/c11-3-5-14(6-4-12)20(18,19)8-1-2-9(13)10(7-8)15(16)17/h1-2,7H,3-6H2. The van der Waals surface area contributed by atoms with E-state index in [0.29, 0.717) is 6.07 Å². The Balaban J connectivity index is 3.26. The molecule has 0 aliphatic carbocycles. The normalized spacial score (nSPS) is 11.8. The molecule has 0 atom stereocenters. The smallest absolute Gasteiger partial charge is 0.258 e. The molecule has 0 radical (unpaired) electrons. The van der Waals surface area contributed by atoms with Crippen LogP contribution in [-0.4, -0.2) is 42.5 Å². The Labute approximate surface area is 125 Å². The lowest BCUT2D eigenvalue weighted by Crippen LogP contribution is -2.34. The summed E-state index contributed by atoms with van der Waals surface area (Å²) in [7, 11) is -4.00. The molecular weight excluding hydrogens is 334 g/mol. The molecule has 10 heteroatoms. The first kappa shape index (κ1) is 17.1. The maximum Gasteiger partial charge on any atom is 0.306 e. The maximum atomic E-state index is 13.2. The van der Waals surface area contributed by atoms with Gasteiger partial charge < -0.3 is 0 Å². The fourth-order valence-corrected chi connectivity index (χ4v) is 3.55. The molecule has 0 saturated heterocycles. The van der Waals surface area contributed by atoms with E-state index in [9.17, 15) is 22.9 Å². The molecule has 1 rings (SSSR count). The Morgan fingerprint density at radius 2 is 1.80 bits per heavy atom. The van der Waals surface area contributed by atoms with Crippen molar-refractivity contribution >= 4 is 38.9 Å². The Kier molecular flexibility index (Phi) is 6.12. The van der Waals surface area contributed by atoms with Crippen LogP contribution in [0.4, 0.5) is 10.1 Å². The van der Waals surface area contributed by atoms with Crippen LogP contribution in [0.2, 0.25) is 0 Å². The van der Waals surface area contributed by atoms with Crippen molar-refractivity contribution in [1.29, 1.82) is 0 Å². The van der Waals surface area contributed by atoms with Gasteiger partial charge in [0.05, 0.1) is 9.82 Å². The minimum Gasteiger partial charge on any atom is -0.258 e. The van der Waals surface area contributed by atoms with Crippen LogP contribution in [0.15, 0.2) is 23.1 Å². The van der Waals surface area contributed by atoms with Crippen molar-refractivity contribution in [3.8, 4) is 0 Å². The molecule has 112 valence electrons. The van der Waals surface area contributed by atoms with Gasteiger partial charge in [0.2, 0.25) is 15.8 Å². The van der Waals surface area contributed by atoms with Crippen LogP contribution in [0.5, 0.6) is 0 Å². The van der Waals surface area contributed by atoms with Crippen molar-refractivity contribution in [3.05, 3.63) is 34.1 Å². The molecule has 0 aliphatic rings. The predicted molar refractivity (Wildman–Crippen MR) is 73.3 cm³/mol. The fourth-order valence-electron chi connectivity index (χ4n) is 1.48. The summed E-state index contributed by atoms with van der Waals surface area (Å²) < 4.78 is 38.7. The summed E-state index contributed by atoms with van der Waals surface area (Å²) in [5.74, 6) is -1.02. The summed E-state index contributed by atoms with van der Waals surface area (Å²) in [4.78, 5) is 9.28. The third-order valence-electron chi connectivity index (χ3n) is 2.42. The van der Waals surface area contributed by atoms with Crippen molar-refractivity contribution < 1.29 is 17.7 Å². The molecule has 6 nitrogen and oxygen atoms in total. The SMILES string of the molecule is O=[N+]([O-])c1cc(S(=O)(=O)N(CCCl)CCCl)ccc1F. The number of nitro benzene ring substituents is 1. The number of hydrogen-bond donors (Lipinski definition) is 0. The van der Waals surface area contributed by atoms with Crippen molar-refractivity contribution in [2.75, 3.05) is 24.8 Å². The molecule has 0 fully saturated rings. The van der Waals surface area contributed by atoms with Crippen molar-refractivity contribution in [1.82, 2.24) is 4.31 Å². The molecule has 1 aromatic rings. The van der Waals surface area contributed by atoms with Crippen LogP contribution in [0.25, 0.3) is 0 Å². The van der Waals surface area contributed by atoms with E-state index >= 15 is 0 Å². The highest BCUT2D eigenvalue weighted by Gasteiger charge is 2.26. The largest absolute Gasteiger partial charge is 0.306 e. The van der Waals surface area contributed by atoms with Crippen LogP contribution >= 0.6 is 23.2 Å². The second-order valence-corrected chi connectivity index (χ2v) is 6.35. The fraction of sp³-hybridized carbons (Fsp3) is 0.400. The van der Waals surface area contributed by atoms with E-state index in [1.54, 1.807) is 0 Å². The van der Waals surface area contributed by atoms with E-state index in [1.807, 2.05) is 0 Å². The van der Waals surface area contributed by atoms with Gasteiger partial charge in [-0.25, -0.2) is 8.42 Å². The summed E-state index contributed by atoms with van der Waals surface area (Å²) in [6.07, 6.45) is 0. The lowest BCUT2D eigenvalue weighted by atomic mass is 10.3. The number of nitrogens with zero attached hydrogens (tertiary/aromatic N) is 2. The van der Waals surface area contributed by atoms with Gasteiger partial charge in [0.25, 0.3) is 0 Å². The Morgan fingerprint density at radius 1 is 1.25 bits per heavy atom. The topological polar surface area (TPSA) is 80.5 Å². The zero-order valence-corrected chi connectivity index (χ0v) is 12.5. The van der Waals surface area contributed by atoms with E-state index in [2.05, 4.69) is 0 Å². The molecule has 0 heterocycles. The zero-order chi connectivity index (χ0) is 15.3. The molecule has 1 aromatic carbocycles. The van der Waals surface area contributed by atoms with Crippen LogP contribution in [0.1, 0.15) is 0 Å². The van der Waals surface area contributed by atoms with Gasteiger partial charge in [-0.15, -0.1) is 23.2 Å².